The molecule has 0 aliphatic heterocycles. The van der Waals surface area contributed by atoms with Gasteiger partial charge in [-0.3, -0.25) is 5.41 Å². The van der Waals surface area contributed by atoms with Crippen LogP contribution in [0, 0.1) is 5.41 Å². The highest BCUT2D eigenvalue weighted by atomic mass is 32.3. The fraction of sp³-hybridized carbons (Fsp3) is 0.875. The first kappa shape index (κ1) is 16.3. The Labute approximate surface area is 102 Å². The SMILES string of the molecule is CCC(CC)(NS(=O)(=O)CS(C)(=O)=O)C(=N)N. The fourth-order valence-corrected chi connectivity index (χ4v) is 4.92. The van der Waals surface area contributed by atoms with E-state index < -0.39 is 30.5 Å². The number of hydrogen-bond donors (Lipinski definition) is 3. The lowest BCUT2D eigenvalue weighted by Crippen LogP contribution is -2.57. The van der Waals surface area contributed by atoms with Crippen molar-refractivity contribution in [3.8, 4) is 0 Å². The first-order valence-corrected chi connectivity index (χ1v) is 8.73. The minimum atomic E-state index is -4.02. The molecule has 7 nitrogen and oxygen atoms in total. The summed E-state index contributed by atoms with van der Waals surface area (Å²) in [4.78, 5) is 0. The van der Waals surface area contributed by atoms with E-state index >= 15 is 0 Å². The second-order valence-electron chi connectivity index (χ2n) is 3.96. The minimum Gasteiger partial charge on any atom is -0.386 e. The molecule has 0 saturated carbocycles. The number of sulfone groups is 1. The fourth-order valence-electron chi connectivity index (χ4n) is 1.44. The predicted octanol–water partition coefficient (Wildman–Crippen LogP) is -0.597. The quantitative estimate of drug-likeness (QED) is 0.425. The molecule has 0 aromatic carbocycles. The molecular weight excluding hydrogens is 266 g/mol. The van der Waals surface area contributed by atoms with Gasteiger partial charge in [0.25, 0.3) is 0 Å². The zero-order valence-corrected chi connectivity index (χ0v) is 11.8. The van der Waals surface area contributed by atoms with Crippen LogP contribution in [0.25, 0.3) is 0 Å². The Bertz CT molecular complexity index is 477. The molecule has 0 aliphatic rings. The largest absolute Gasteiger partial charge is 0.386 e. The van der Waals surface area contributed by atoms with Crippen LogP contribution in [0.1, 0.15) is 26.7 Å². The van der Waals surface area contributed by atoms with E-state index in [1.54, 1.807) is 13.8 Å². The molecule has 0 aliphatic carbocycles. The van der Waals surface area contributed by atoms with Crippen LogP contribution in [0.5, 0.6) is 0 Å². The second kappa shape index (κ2) is 5.32. The van der Waals surface area contributed by atoms with E-state index in [0.29, 0.717) is 0 Å². The molecular formula is C8H19N3O4S2. The molecule has 0 fully saturated rings. The Hall–Kier alpha value is -0.670. The maximum Gasteiger partial charge on any atom is 0.226 e. The van der Waals surface area contributed by atoms with Gasteiger partial charge in [-0.1, -0.05) is 13.8 Å². The lowest BCUT2D eigenvalue weighted by molar-refractivity contribution is 0.460. The third kappa shape index (κ3) is 5.00. The van der Waals surface area contributed by atoms with Gasteiger partial charge in [0, 0.05) is 6.26 Å². The number of sulfonamides is 1. The average molecular weight is 285 g/mol. The molecule has 0 saturated heterocycles. The summed E-state index contributed by atoms with van der Waals surface area (Å²) < 4.78 is 47.4. The van der Waals surface area contributed by atoms with Gasteiger partial charge in [0.1, 0.15) is 5.84 Å². The van der Waals surface area contributed by atoms with Crippen LogP contribution in [0.4, 0.5) is 0 Å². The molecule has 0 aromatic heterocycles. The van der Waals surface area contributed by atoms with Crippen molar-refractivity contribution >= 4 is 25.7 Å². The highest BCUT2D eigenvalue weighted by Gasteiger charge is 2.35. The summed E-state index contributed by atoms with van der Waals surface area (Å²) in [6, 6.07) is 0. The van der Waals surface area contributed by atoms with Gasteiger partial charge in [0.05, 0.1) is 5.54 Å². The van der Waals surface area contributed by atoms with Crippen molar-refractivity contribution in [2.45, 2.75) is 32.2 Å². The number of nitrogens with two attached hydrogens (primary N) is 1. The summed E-state index contributed by atoms with van der Waals surface area (Å²) in [5.41, 5.74) is 4.17. The number of amidine groups is 1. The molecule has 0 heterocycles. The van der Waals surface area contributed by atoms with E-state index in [2.05, 4.69) is 4.72 Å². The molecule has 0 amide bonds. The van der Waals surface area contributed by atoms with E-state index in [1.807, 2.05) is 0 Å². The predicted molar refractivity (Wildman–Crippen MR) is 67.0 cm³/mol. The van der Waals surface area contributed by atoms with Crippen LogP contribution in [-0.4, -0.2) is 39.6 Å². The van der Waals surface area contributed by atoms with Gasteiger partial charge in [-0.25, -0.2) is 21.6 Å². The monoisotopic (exact) mass is 285 g/mol. The summed E-state index contributed by atoms with van der Waals surface area (Å²) in [6.45, 7) is 3.35. The van der Waals surface area contributed by atoms with Crippen LogP contribution in [0.3, 0.4) is 0 Å². The molecule has 0 spiro atoms. The van der Waals surface area contributed by atoms with Crippen molar-refractivity contribution in [2.75, 3.05) is 11.3 Å². The lowest BCUT2D eigenvalue weighted by Gasteiger charge is -2.30. The first-order chi connectivity index (χ1) is 7.48. The van der Waals surface area contributed by atoms with E-state index in [9.17, 15) is 16.8 Å². The second-order valence-corrected chi connectivity index (χ2v) is 8.19. The zero-order chi connectivity index (χ0) is 13.9. The smallest absolute Gasteiger partial charge is 0.226 e. The molecule has 0 aromatic rings. The molecule has 102 valence electrons. The normalized spacial score (nSPS) is 13.6. The first-order valence-electron chi connectivity index (χ1n) is 5.02. The molecule has 9 heteroatoms. The third-order valence-electron chi connectivity index (χ3n) is 2.44. The van der Waals surface area contributed by atoms with Crippen molar-refractivity contribution in [1.29, 1.82) is 5.41 Å². The van der Waals surface area contributed by atoms with Crippen molar-refractivity contribution in [2.24, 2.45) is 5.73 Å². The Morgan fingerprint density at radius 3 is 1.88 bits per heavy atom. The average Bonchev–Trinajstić information content (AvgIpc) is 2.09. The maximum atomic E-state index is 11.6. The van der Waals surface area contributed by atoms with Crippen LogP contribution in [-0.2, 0) is 19.9 Å². The summed E-state index contributed by atoms with van der Waals surface area (Å²) in [5, 5.41) is 6.41. The molecule has 0 atom stereocenters. The topological polar surface area (TPSA) is 130 Å². The zero-order valence-electron chi connectivity index (χ0n) is 10.1. The highest BCUT2D eigenvalue weighted by molar-refractivity contribution is 8.06. The number of nitrogens with one attached hydrogen (secondary N) is 2. The van der Waals surface area contributed by atoms with Crippen molar-refractivity contribution in [3.05, 3.63) is 0 Å². The molecule has 0 bridgehead atoms. The molecule has 0 rings (SSSR count). The van der Waals surface area contributed by atoms with Crippen LogP contribution < -0.4 is 10.5 Å². The van der Waals surface area contributed by atoms with Crippen molar-refractivity contribution < 1.29 is 16.8 Å². The lowest BCUT2D eigenvalue weighted by atomic mass is 9.93. The summed E-state index contributed by atoms with van der Waals surface area (Å²) in [6.07, 6.45) is 1.39. The van der Waals surface area contributed by atoms with E-state index in [-0.39, 0.29) is 18.7 Å². The van der Waals surface area contributed by atoms with Gasteiger partial charge in [0.15, 0.2) is 14.9 Å². The van der Waals surface area contributed by atoms with Crippen LogP contribution in [0.2, 0.25) is 0 Å². The molecule has 17 heavy (non-hydrogen) atoms. The number of hydrogen-bond acceptors (Lipinski definition) is 5. The Morgan fingerprint density at radius 1 is 1.24 bits per heavy atom. The Kier molecular flexibility index (Phi) is 5.11. The maximum absolute atomic E-state index is 11.6. The van der Waals surface area contributed by atoms with Gasteiger partial charge in [-0.05, 0) is 12.8 Å². The Balaban J connectivity index is 5.22. The molecule has 0 unspecified atom stereocenters. The van der Waals surface area contributed by atoms with Crippen LogP contribution in [0.15, 0.2) is 0 Å². The van der Waals surface area contributed by atoms with Gasteiger partial charge in [-0.2, -0.15) is 0 Å². The highest BCUT2D eigenvalue weighted by Crippen LogP contribution is 2.16. The summed E-state index contributed by atoms with van der Waals surface area (Å²) >= 11 is 0. The van der Waals surface area contributed by atoms with Crippen LogP contribution >= 0.6 is 0 Å². The summed E-state index contributed by atoms with van der Waals surface area (Å²) in [7, 11) is -7.68. The standard InChI is InChI=1S/C8H19N3O4S2/c1-4-8(5-2,7(9)10)11-17(14,15)6-16(3,12)13/h11H,4-6H2,1-3H3,(H3,9,10). The van der Waals surface area contributed by atoms with Gasteiger partial charge in [-0.15, -0.1) is 0 Å². The molecule has 0 radical (unpaired) electrons. The van der Waals surface area contributed by atoms with Crippen molar-refractivity contribution in [1.82, 2.24) is 4.72 Å². The number of rotatable bonds is 7. The van der Waals surface area contributed by atoms with Crippen molar-refractivity contribution in [3.63, 3.8) is 0 Å². The van der Waals surface area contributed by atoms with Gasteiger partial charge < -0.3 is 5.73 Å². The minimum absolute atomic E-state index is 0.280. The summed E-state index contributed by atoms with van der Waals surface area (Å²) in [5.74, 6) is -0.320. The third-order valence-corrected chi connectivity index (χ3v) is 6.10. The molecule has 4 N–H and O–H groups in total. The van der Waals surface area contributed by atoms with E-state index in [0.717, 1.165) is 6.26 Å². The van der Waals surface area contributed by atoms with Gasteiger partial charge >= 0.3 is 0 Å². The van der Waals surface area contributed by atoms with E-state index in [4.69, 9.17) is 11.1 Å². The van der Waals surface area contributed by atoms with Gasteiger partial charge in [0.2, 0.25) is 10.0 Å². The van der Waals surface area contributed by atoms with E-state index in [1.165, 1.54) is 0 Å². The Morgan fingerprint density at radius 2 is 1.65 bits per heavy atom.